The predicted molar refractivity (Wildman–Crippen MR) is 88.0 cm³/mol. The van der Waals surface area contributed by atoms with E-state index in [1.165, 1.54) is 13.2 Å². The van der Waals surface area contributed by atoms with Gasteiger partial charge in [0.1, 0.15) is 24.1 Å². The summed E-state index contributed by atoms with van der Waals surface area (Å²) in [5, 5.41) is 10.9. The van der Waals surface area contributed by atoms with Gasteiger partial charge in [0, 0.05) is 18.7 Å². The van der Waals surface area contributed by atoms with Crippen molar-refractivity contribution in [1.82, 2.24) is 4.90 Å². The van der Waals surface area contributed by atoms with Gasteiger partial charge in [0.05, 0.1) is 24.4 Å². The molecule has 2 atom stereocenters. The van der Waals surface area contributed by atoms with Gasteiger partial charge in [-0.05, 0) is 32.0 Å². The molecule has 0 amide bonds. The summed E-state index contributed by atoms with van der Waals surface area (Å²) in [5.41, 5.74) is 0.824. The fraction of sp³-hybridized carbons (Fsp3) is 0.444. The third-order valence-electron chi connectivity index (χ3n) is 4.65. The summed E-state index contributed by atoms with van der Waals surface area (Å²) in [7, 11) is 3.09. The van der Waals surface area contributed by atoms with Crippen molar-refractivity contribution in [3.63, 3.8) is 0 Å². The van der Waals surface area contributed by atoms with Crippen LogP contribution in [0.1, 0.15) is 35.8 Å². The van der Waals surface area contributed by atoms with Gasteiger partial charge in [-0.3, -0.25) is 0 Å². The average molecular weight is 347 g/mol. The van der Waals surface area contributed by atoms with Crippen LogP contribution >= 0.6 is 0 Å². The van der Waals surface area contributed by atoms with Crippen LogP contribution in [0.15, 0.2) is 30.0 Å². The summed E-state index contributed by atoms with van der Waals surface area (Å²) in [6, 6.07) is 4.46. The number of benzene rings is 1. The normalized spacial score (nSPS) is 23.9. The maximum Gasteiger partial charge on any atom is 0.337 e. The molecule has 0 fully saturated rings. The molecule has 0 aromatic heterocycles. The highest BCUT2D eigenvalue weighted by atomic mass is 16.5. The van der Waals surface area contributed by atoms with Crippen LogP contribution < -0.4 is 4.74 Å². The van der Waals surface area contributed by atoms with E-state index in [0.29, 0.717) is 22.6 Å². The number of hydrogen-bond donors (Lipinski definition) is 1. The SMILES string of the molecule is COC(=O)c1ccc2c(c1)[C@H](N(C)C1=CC(=O)OC1)[C@@H](O)C(C)(C)O2. The Balaban J connectivity index is 2.08. The van der Waals surface area contributed by atoms with E-state index in [4.69, 9.17) is 14.2 Å². The van der Waals surface area contributed by atoms with Crippen molar-refractivity contribution >= 4 is 11.9 Å². The smallest absolute Gasteiger partial charge is 0.337 e. The molecule has 3 rings (SSSR count). The van der Waals surface area contributed by atoms with E-state index in [2.05, 4.69) is 0 Å². The molecule has 0 bridgehead atoms. The number of methoxy groups -OCH3 is 1. The number of hydrogen-bond acceptors (Lipinski definition) is 7. The van der Waals surface area contributed by atoms with E-state index in [1.807, 2.05) is 0 Å². The number of nitrogens with zero attached hydrogens (tertiary/aromatic N) is 1. The van der Waals surface area contributed by atoms with Crippen LogP contribution in [-0.4, -0.2) is 54.4 Å². The number of carbonyl (C=O) groups is 2. The monoisotopic (exact) mass is 347 g/mol. The Labute approximate surface area is 145 Å². The molecule has 2 heterocycles. The Hall–Kier alpha value is -2.54. The topological polar surface area (TPSA) is 85.3 Å². The zero-order valence-corrected chi connectivity index (χ0v) is 14.6. The molecule has 1 aromatic rings. The van der Waals surface area contributed by atoms with E-state index < -0.39 is 29.7 Å². The number of likely N-dealkylation sites (N-methyl/N-ethyl adjacent to an activating group) is 1. The first-order valence-electron chi connectivity index (χ1n) is 7.94. The zero-order chi connectivity index (χ0) is 18.4. The molecule has 0 spiro atoms. The minimum Gasteiger partial charge on any atom is -0.485 e. The van der Waals surface area contributed by atoms with Crippen molar-refractivity contribution in [2.45, 2.75) is 31.6 Å². The Morgan fingerprint density at radius 2 is 2.12 bits per heavy atom. The lowest BCUT2D eigenvalue weighted by atomic mass is 9.85. The molecular weight excluding hydrogens is 326 g/mol. The minimum atomic E-state index is -0.894. The number of cyclic esters (lactones) is 1. The van der Waals surface area contributed by atoms with Gasteiger partial charge in [-0.15, -0.1) is 0 Å². The molecule has 1 aromatic carbocycles. The van der Waals surface area contributed by atoms with Gasteiger partial charge in [0.2, 0.25) is 0 Å². The third-order valence-corrected chi connectivity index (χ3v) is 4.65. The van der Waals surface area contributed by atoms with Crippen molar-refractivity contribution in [3.8, 4) is 5.75 Å². The molecule has 7 heteroatoms. The summed E-state index contributed by atoms with van der Waals surface area (Å²) in [6.45, 7) is 3.73. The minimum absolute atomic E-state index is 0.145. The molecule has 0 unspecified atom stereocenters. The van der Waals surface area contributed by atoms with Gasteiger partial charge in [0.25, 0.3) is 0 Å². The molecule has 0 radical (unpaired) electrons. The van der Waals surface area contributed by atoms with Crippen LogP contribution in [0.25, 0.3) is 0 Å². The molecule has 0 saturated carbocycles. The van der Waals surface area contributed by atoms with Crippen LogP contribution in [0.5, 0.6) is 5.75 Å². The first-order valence-corrected chi connectivity index (χ1v) is 7.94. The maximum atomic E-state index is 11.9. The number of aliphatic hydroxyl groups excluding tert-OH is 1. The maximum absolute atomic E-state index is 11.9. The highest BCUT2D eigenvalue weighted by molar-refractivity contribution is 5.90. The van der Waals surface area contributed by atoms with E-state index in [1.54, 1.807) is 44.0 Å². The second kappa shape index (κ2) is 6.07. The summed E-state index contributed by atoms with van der Waals surface area (Å²) < 4.78 is 15.7. The number of aliphatic hydroxyl groups is 1. The lowest BCUT2D eigenvalue weighted by Gasteiger charge is -2.46. The highest BCUT2D eigenvalue weighted by Crippen LogP contribution is 2.44. The van der Waals surface area contributed by atoms with Crippen LogP contribution in [0, 0.1) is 0 Å². The Kier molecular flexibility index (Phi) is 4.20. The molecule has 0 aliphatic carbocycles. The molecule has 0 saturated heterocycles. The predicted octanol–water partition coefficient (Wildman–Crippen LogP) is 1.42. The number of fused-ring (bicyclic) bond motifs is 1. The standard InChI is InChI=1S/C18H21NO6/c1-18(2)16(21)15(19(3)11-8-14(20)24-9-11)12-7-10(17(22)23-4)5-6-13(12)25-18/h5-8,15-16,21H,9H2,1-4H3/t15-,16+/m0/s1. The van der Waals surface area contributed by atoms with E-state index in [0.717, 1.165) is 0 Å². The van der Waals surface area contributed by atoms with Crippen molar-refractivity contribution in [2.75, 3.05) is 20.8 Å². The van der Waals surface area contributed by atoms with Gasteiger partial charge in [-0.2, -0.15) is 0 Å². The van der Waals surface area contributed by atoms with E-state index in [9.17, 15) is 14.7 Å². The summed E-state index contributed by atoms with van der Waals surface area (Å²) in [4.78, 5) is 25.1. The average Bonchev–Trinajstić information content (AvgIpc) is 3.00. The van der Waals surface area contributed by atoms with E-state index in [-0.39, 0.29) is 6.61 Å². The quantitative estimate of drug-likeness (QED) is 0.828. The van der Waals surface area contributed by atoms with E-state index >= 15 is 0 Å². The zero-order valence-electron chi connectivity index (χ0n) is 14.6. The fourth-order valence-corrected chi connectivity index (χ4v) is 3.18. The Morgan fingerprint density at radius 3 is 2.72 bits per heavy atom. The summed E-state index contributed by atoms with van der Waals surface area (Å²) in [5.74, 6) is -0.307. The van der Waals surface area contributed by atoms with Crippen molar-refractivity contribution in [3.05, 3.63) is 41.1 Å². The van der Waals surface area contributed by atoms with Gasteiger partial charge in [0.15, 0.2) is 0 Å². The third kappa shape index (κ3) is 2.95. The molecule has 25 heavy (non-hydrogen) atoms. The van der Waals surface area contributed by atoms with Crippen LogP contribution in [0.3, 0.4) is 0 Å². The van der Waals surface area contributed by atoms with Crippen LogP contribution in [-0.2, 0) is 14.3 Å². The summed E-state index contributed by atoms with van der Waals surface area (Å²) >= 11 is 0. The number of carbonyl (C=O) groups excluding carboxylic acids is 2. The fourth-order valence-electron chi connectivity index (χ4n) is 3.18. The van der Waals surface area contributed by atoms with Crippen LogP contribution in [0.4, 0.5) is 0 Å². The molecular formula is C18H21NO6. The van der Waals surface area contributed by atoms with Crippen molar-refractivity contribution in [1.29, 1.82) is 0 Å². The van der Waals surface area contributed by atoms with Gasteiger partial charge in [-0.25, -0.2) is 9.59 Å². The van der Waals surface area contributed by atoms with Gasteiger partial charge in [-0.1, -0.05) is 0 Å². The largest absolute Gasteiger partial charge is 0.485 e. The molecule has 2 aliphatic heterocycles. The number of rotatable bonds is 3. The van der Waals surface area contributed by atoms with Gasteiger partial charge < -0.3 is 24.2 Å². The molecule has 2 aliphatic rings. The Bertz CT molecular complexity index is 754. The molecule has 134 valence electrons. The second-order valence-electron chi connectivity index (χ2n) is 6.69. The number of esters is 2. The number of ether oxygens (including phenoxy) is 3. The first-order chi connectivity index (χ1) is 11.7. The summed E-state index contributed by atoms with van der Waals surface area (Å²) in [6.07, 6.45) is 0.508. The molecule has 7 nitrogen and oxygen atoms in total. The lowest BCUT2D eigenvalue weighted by Crippen LogP contribution is -2.52. The highest BCUT2D eigenvalue weighted by Gasteiger charge is 2.45. The van der Waals surface area contributed by atoms with Crippen molar-refractivity contribution < 1.29 is 28.9 Å². The second-order valence-corrected chi connectivity index (χ2v) is 6.69. The Morgan fingerprint density at radius 1 is 1.40 bits per heavy atom. The van der Waals surface area contributed by atoms with Crippen LogP contribution in [0.2, 0.25) is 0 Å². The first kappa shape index (κ1) is 17.3. The molecule has 1 N–H and O–H groups in total. The van der Waals surface area contributed by atoms with Gasteiger partial charge >= 0.3 is 11.9 Å². The lowest BCUT2D eigenvalue weighted by molar-refractivity contribution is -0.135. The van der Waals surface area contributed by atoms with Crippen molar-refractivity contribution in [2.24, 2.45) is 0 Å².